The van der Waals surface area contributed by atoms with Gasteiger partial charge >= 0.3 is 0 Å². The smallest absolute Gasteiger partial charge is 0.0823 e. The zero-order valence-electron chi connectivity index (χ0n) is 8.34. The van der Waals surface area contributed by atoms with Crippen molar-refractivity contribution in [2.45, 2.75) is 39.7 Å². The van der Waals surface area contributed by atoms with E-state index in [1.807, 2.05) is 0 Å². The minimum absolute atomic E-state index is 0.226. The van der Waals surface area contributed by atoms with Gasteiger partial charge in [0.2, 0.25) is 0 Å². The summed E-state index contributed by atoms with van der Waals surface area (Å²) in [6, 6.07) is 0. The normalized spacial score (nSPS) is 31.0. The molecule has 0 aliphatic carbocycles. The zero-order valence-corrected chi connectivity index (χ0v) is 8.34. The molecular formula is C10H20O2. The second kappa shape index (κ2) is 3.75. The lowest BCUT2D eigenvalue weighted by atomic mass is 9.80. The summed E-state index contributed by atoms with van der Waals surface area (Å²) in [6.45, 7) is 7.97. The monoisotopic (exact) mass is 172 g/mol. The minimum Gasteiger partial charge on any atom is -0.390 e. The van der Waals surface area contributed by atoms with Crippen LogP contribution in [0.1, 0.15) is 33.6 Å². The maximum absolute atomic E-state index is 9.52. The van der Waals surface area contributed by atoms with E-state index >= 15 is 0 Å². The van der Waals surface area contributed by atoms with E-state index in [1.54, 1.807) is 0 Å². The molecule has 1 aliphatic rings. The fourth-order valence-corrected chi connectivity index (χ4v) is 1.64. The van der Waals surface area contributed by atoms with Crippen LogP contribution in [0, 0.1) is 11.3 Å². The highest BCUT2D eigenvalue weighted by Crippen LogP contribution is 2.32. The first-order valence-electron chi connectivity index (χ1n) is 4.81. The van der Waals surface area contributed by atoms with Crippen LogP contribution in [0.2, 0.25) is 0 Å². The molecule has 1 aliphatic heterocycles. The van der Waals surface area contributed by atoms with Crippen LogP contribution in [0.3, 0.4) is 0 Å². The standard InChI is InChI=1S/C10H20O2/c1-4-10(2,3)5-8-6-12-7-9(8)11/h8-9,11H,4-7H2,1-3H3/t8-,9-/m1/s1. The van der Waals surface area contributed by atoms with Crippen molar-refractivity contribution >= 4 is 0 Å². The third-order valence-corrected chi connectivity index (χ3v) is 2.94. The molecule has 0 bridgehead atoms. The molecule has 2 nitrogen and oxygen atoms in total. The Hall–Kier alpha value is -0.0800. The molecule has 1 N–H and O–H groups in total. The van der Waals surface area contributed by atoms with E-state index in [1.165, 1.54) is 0 Å². The number of ether oxygens (including phenoxy) is 1. The fraction of sp³-hybridized carbons (Fsp3) is 1.00. The number of aliphatic hydroxyl groups is 1. The van der Waals surface area contributed by atoms with Crippen LogP contribution in [0.5, 0.6) is 0 Å². The first kappa shape index (κ1) is 10.0. The lowest BCUT2D eigenvalue weighted by Gasteiger charge is -2.26. The Kier molecular flexibility index (Phi) is 3.13. The van der Waals surface area contributed by atoms with Gasteiger partial charge in [-0.25, -0.2) is 0 Å². The van der Waals surface area contributed by atoms with Gasteiger partial charge in [0.15, 0.2) is 0 Å². The van der Waals surface area contributed by atoms with Gasteiger partial charge in [-0.1, -0.05) is 27.2 Å². The van der Waals surface area contributed by atoms with Crippen molar-refractivity contribution in [2.24, 2.45) is 11.3 Å². The molecule has 0 aromatic carbocycles. The first-order chi connectivity index (χ1) is 5.55. The molecule has 0 aromatic heterocycles. The van der Waals surface area contributed by atoms with Gasteiger partial charge in [-0.2, -0.15) is 0 Å². The summed E-state index contributed by atoms with van der Waals surface area (Å²) in [6.07, 6.45) is 2.01. The molecule has 0 aromatic rings. The molecule has 1 saturated heterocycles. The van der Waals surface area contributed by atoms with Gasteiger partial charge < -0.3 is 9.84 Å². The molecule has 2 heteroatoms. The summed E-state index contributed by atoms with van der Waals surface area (Å²) in [5.41, 5.74) is 0.347. The Balaban J connectivity index is 2.39. The van der Waals surface area contributed by atoms with E-state index in [-0.39, 0.29) is 6.10 Å². The molecule has 1 rings (SSSR count). The Morgan fingerprint density at radius 2 is 2.08 bits per heavy atom. The van der Waals surface area contributed by atoms with E-state index in [2.05, 4.69) is 20.8 Å². The van der Waals surface area contributed by atoms with Gasteiger partial charge in [-0.05, 0) is 11.8 Å². The highest BCUT2D eigenvalue weighted by atomic mass is 16.5. The second-order valence-corrected chi connectivity index (χ2v) is 4.59. The second-order valence-electron chi connectivity index (χ2n) is 4.59. The molecule has 72 valence electrons. The van der Waals surface area contributed by atoms with Crippen LogP contribution in [-0.4, -0.2) is 24.4 Å². The Bertz CT molecular complexity index is 143. The zero-order chi connectivity index (χ0) is 9.19. The predicted octanol–water partition coefficient (Wildman–Crippen LogP) is 1.82. The highest BCUT2D eigenvalue weighted by molar-refractivity contribution is 4.80. The van der Waals surface area contributed by atoms with Crippen molar-refractivity contribution in [3.8, 4) is 0 Å². The number of rotatable bonds is 3. The van der Waals surface area contributed by atoms with E-state index in [0.717, 1.165) is 19.4 Å². The Morgan fingerprint density at radius 1 is 1.42 bits per heavy atom. The van der Waals surface area contributed by atoms with Crippen LogP contribution in [0.4, 0.5) is 0 Å². The molecule has 12 heavy (non-hydrogen) atoms. The van der Waals surface area contributed by atoms with Crippen molar-refractivity contribution in [3.63, 3.8) is 0 Å². The van der Waals surface area contributed by atoms with Crippen molar-refractivity contribution in [1.82, 2.24) is 0 Å². The van der Waals surface area contributed by atoms with Crippen LogP contribution < -0.4 is 0 Å². The summed E-state index contributed by atoms with van der Waals surface area (Å²) in [5, 5.41) is 9.52. The average molecular weight is 172 g/mol. The molecule has 0 amide bonds. The molecule has 0 saturated carbocycles. The highest BCUT2D eigenvalue weighted by Gasteiger charge is 2.31. The number of hydrogen-bond acceptors (Lipinski definition) is 2. The quantitative estimate of drug-likeness (QED) is 0.703. The minimum atomic E-state index is -0.226. The van der Waals surface area contributed by atoms with Crippen LogP contribution in [-0.2, 0) is 4.74 Å². The van der Waals surface area contributed by atoms with Crippen molar-refractivity contribution in [2.75, 3.05) is 13.2 Å². The summed E-state index contributed by atoms with van der Waals surface area (Å²) in [7, 11) is 0. The molecule has 0 unspecified atom stereocenters. The van der Waals surface area contributed by atoms with Crippen molar-refractivity contribution in [1.29, 1.82) is 0 Å². The van der Waals surface area contributed by atoms with Gasteiger partial charge in [0.05, 0.1) is 19.3 Å². The summed E-state index contributed by atoms with van der Waals surface area (Å²) < 4.78 is 5.21. The van der Waals surface area contributed by atoms with Crippen LogP contribution in [0.25, 0.3) is 0 Å². The summed E-state index contributed by atoms with van der Waals surface area (Å²) in [4.78, 5) is 0. The predicted molar refractivity (Wildman–Crippen MR) is 49.0 cm³/mol. The molecule has 1 fully saturated rings. The van der Waals surface area contributed by atoms with Gasteiger partial charge in [0, 0.05) is 5.92 Å². The topological polar surface area (TPSA) is 29.5 Å². The number of hydrogen-bond donors (Lipinski definition) is 1. The van der Waals surface area contributed by atoms with Gasteiger partial charge in [-0.15, -0.1) is 0 Å². The maximum atomic E-state index is 9.52. The van der Waals surface area contributed by atoms with Crippen molar-refractivity contribution < 1.29 is 9.84 Å². The Morgan fingerprint density at radius 3 is 2.50 bits per heavy atom. The fourth-order valence-electron chi connectivity index (χ4n) is 1.64. The lowest BCUT2D eigenvalue weighted by molar-refractivity contribution is 0.105. The van der Waals surface area contributed by atoms with Crippen LogP contribution in [0.15, 0.2) is 0 Å². The average Bonchev–Trinajstić information content (AvgIpc) is 2.36. The van der Waals surface area contributed by atoms with E-state index < -0.39 is 0 Å². The SMILES string of the molecule is CCC(C)(C)C[C@@H]1COC[C@H]1O. The molecule has 0 radical (unpaired) electrons. The van der Waals surface area contributed by atoms with E-state index in [9.17, 15) is 5.11 Å². The van der Waals surface area contributed by atoms with Crippen LogP contribution >= 0.6 is 0 Å². The van der Waals surface area contributed by atoms with E-state index in [4.69, 9.17) is 4.74 Å². The molecule has 2 atom stereocenters. The van der Waals surface area contributed by atoms with Gasteiger partial charge in [-0.3, -0.25) is 0 Å². The molecular weight excluding hydrogens is 152 g/mol. The third-order valence-electron chi connectivity index (χ3n) is 2.94. The summed E-state index contributed by atoms with van der Waals surface area (Å²) in [5.74, 6) is 0.361. The number of aliphatic hydroxyl groups excluding tert-OH is 1. The lowest BCUT2D eigenvalue weighted by Crippen LogP contribution is -2.24. The molecule has 0 spiro atoms. The first-order valence-corrected chi connectivity index (χ1v) is 4.81. The van der Waals surface area contributed by atoms with Gasteiger partial charge in [0.25, 0.3) is 0 Å². The molecule has 1 heterocycles. The third kappa shape index (κ3) is 2.46. The maximum Gasteiger partial charge on any atom is 0.0823 e. The Labute approximate surface area is 74.9 Å². The largest absolute Gasteiger partial charge is 0.390 e. The summed E-state index contributed by atoms with van der Waals surface area (Å²) >= 11 is 0. The van der Waals surface area contributed by atoms with Crippen molar-refractivity contribution in [3.05, 3.63) is 0 Å². The van der Waals surface area contributed by atoms with Gasteiger partial charge in [0.1, 0.15) is 0 Å². The van der Waals surface area contributed by atoms with E-state index in [0.29, 0.717) is 17.9 Å².